The summed E-state index contributed by atoms with van der Waals surface area (Å²) in [7, 11) is 1.00. The highest BCUT2D eigenvalue weighted by Crippen LogP contribution is 2.39. The van der Waals surface area contributed by atoms with Gasteiger partial charge in [-0.2, -0.15) is 0 Å². The molecular formula is C11H10F5NO4. The molecule has 1 aromatic heterocycles. The van der Waals surface area contributed by atoms with Crippen molar-refractivity contribution in [3.05, 3.63) is 17.3 Å². The first-order valence-corrected chi connectivity index (χ1v) is 5.49. The van der Waals surface area contributed by atoms with Crippen LogP contribution in [0.1, 0.15) is 29.3 Å². The quantitative estimate of drug-likeness (QED) is 0.617. The maximum Gasteiger partial charge on any atom is 0.573 e. The van der Waals surface area contributed by atoms with Crippen LogP contribution in [0, 0.1) is 0 Å². The van der Waals surface area contributed by atoms with Crippen LogP contribution in [-0.2, 0) is 4.74 Å². The summed E-state index contributed by atoms with van der Waals surface area (Å²) in [6, 6.07) is 0. The SMILES string of the molecule is CCOC(=O)c1c(OC)ncc(C(F)F)c1OC(F)(F)F. The molecule has 0 aliphatic carbocycles. The minimum atomic E-state index is -5.28. The molecule has 0 atom stereocenters. The van der Waals surface area contributed by atoms with Crippen LogP contribution in [0.5, 0.6) is 11.6 Å². The van der Waals surface area contributed by atoms with Crippen molar-refractivity contribution in [1.29, 1.82) is 0 Å². The molecule has 0 unspecified atom stereocenters. The van der Waals surface area contributed by atoms with Crippen LogP contribution in [0.15, 0.2) is 6.20 Å². The Kier molecular flexibility index (Phi) is 5.28. The average molecular weight is 315 g/mol. The lowest BCUT2D eigenvalue weighted by atomic mass is 10.1. The second kappa shape index (κ2) is 6.55. The summed E-state index contributed by atoms with van der Waals surface area (Å²) < 4.78 is 75.3. The van der Waals surface area contributed by atoms with Crippen molar-refractivity contribution >= 4 is 5.97 Å². The average Bonchev–Trinajstić information content (AvgIpc) is 2.35. The lowest BCUT2D eigenvalue weighted by Gasteiger charge is -2.17. The first-order valence-electron chi connectivity index (χ1n) is 5.49. The molecule has 1 rings (SSSR count). The number of halogens is 5. The van der Waals surface area contributed by atoms with E-state index in [0.29, 0.717) is 6.20 Å². The number of aromatic nitrogens is 1. The Morgan fingerprint density at radius 2 is 2.00 bits per heavy atom. The Bertz CT molecular complexity index is 518. The van der Waals surface area contributed by atoms with Gasteiger partial charge in [-0.15, -0.1) is 13.2 Å². The van der Waals surface area contributed by atoms with E-state index in [0.717, 1.165) is 7.11 Å². The van der Waals surface area contributed by atoms with E-state index >= 15 is 0 Å². The van der Waals surface area contributed by atoms with Crippen molar-refractivity contribution in [3.63, 3.8) is 0 Å². The topological polar surface area (TPSA) is 57.7 Å². The molecule has 1 aromatic rings. The molecule has 0 bridgehead atoms. The molecule has 0 spiro atoms. The second-order valence-electron chi connectivity index (χ2n) is 3.50. The minimum absolute atomic E-state index is 0.188. The number of methoxy groups -OCH3 is 1. The summed E-state index contributed by atoms with van der Waals surface area (Å²) in [6.45, 7) is 1.20. The number of carbonyl (C=O) groups is 1. The smallest absolute Gasteiger partial charge is 0.480 e. The zero-order valence-electron chi connectivity index (χ0n) is 10.8. The molecule has 0 aliphatic heterocycles. The van der Waals surface area contributed by atoms with Gasteiger partial charge in [0.15, 0.2) is 11.3 Å². The minimum Gasteiger partial charge on any atom is -0.480 e. The van der Waals surface area contributed by atoms with Crippen molar-refractivity contribution in [2.24, 2.45) is 0 Å². The number of hydrogen-bond donors (Lipinski definition) is 0. The predicted molar refractivity (Wildman–Crippen MR) is 58.4 cm³/mol. The largest absolute Gasteiger partial charge is 0.573 e. The van der Waals surface area contributed by atoms with Gasteiger partial charge in [0.2, 0.25) is 5.88 Å². The van der Waals surface area contributed by atoms with Gasteiger partial charge in [-0.3, -0.25) is 0 Å². The van der Waals surface area contributed by atoms with E-state index in [1.807, 2.05) is 0 Å². The van der Waals surface area contributed by atoms with Crippen molar-refractivity contribution in [3.8, 4) is 11.6 Å². The van der Waals surface area contributed by atoms with Crippen LogP contribution in [0.25, 0.3) is 0 Å². The van der Waals surface area contributed by atoms with Gasteiger partial charge in [0, 0.05) is 6.20 Å². The number of rotatable bonds is 5. The second-order valence-corrected chi connectivity index (χ2v) is 3.50. The fourth-order valence-corrected chi connectivity index (χ4v) is 1.41. The van der Waals surface area contributed by atoms with E-state index in [9.17, 15) is 26.7 Å². The number of pyridine rings is 1. The van der Waals surface area contributed by atoms with E-state index in [1.165, 1.54) is 6.92 Å². The van der Waals surface area contributed by atoms with E-state index in [1.54, 1.807) is 0 Å². The van der Waals surface area contributed by atoms with Crippen LogP contribution in [0.3, 0.4) is 0 Å². The third-order valence-electron chi connectivity index (χ3n) is 2.15. The molecule has 0 fully saturated rings. The monoisotopic (exact) mass is 315 g/mol. The van der Waals surface area contributed by atoms with E-state index in [-0.39, 0.29) is 6.61 Å². The molecule has 0 N–H and O–H groups in total. The summed E-state index contributed by atoms with van der Waals surface area (Å²) in [4.78, 5) is 15.0. The van der Waals surface area contributed by atoms with Gasteiger partial charge in [-0.1, -0.05) is 0 Å². The van der Waals surface area contributed by atoms with Gasteiger partial charge in [-0.05, 0) is 6.92 Å². The normalized spacial score (nSPS) is 11.4. The van der Waals surface area contributed by atoms with Crippen molar-refractivity contribution in [2.75, 3.05) is 13.7 Å². The van der Waals surface area contributed by atoms with Crippen molar-refractivity contribution in [1.82, 2.24) is 4.98 Å². The molecule has 21 heavy (non-hydrogen) atoms. The Morgan fingerprint density at radius 3 is 2.43 bits per heavy atom. The Labute approximate surface area is 115 Å². The van der Waals surface area contributed by atoms with Crippen LogP contribution in [0.4, 0.5) is 22.0 Å². The van der Waals surface area contributed by atoms with Gasteiger partial charge in [0.1, 0.15) is 0 Å². The molecule has 1 heterocycles. The maximum absolute atomic E-state index is 12.8. The number of alkyl halides is 5. The van der Waals surface area contributed by atoms with Crippen molar-refractivity contribution in [2.45, 2.75) is 19.7 Å². The zero-order chi connectivity index (χ0) is 16.2. The predicted octanol–water partition coefficient (Wildman–Crippen LogP) is 3.10. The fraction of sp³-hybridized carbons (Fsp3) is 0.455. The molecule has 0 amide bonds. The number of nitrogens with zero attached hydrogens (tertiary/aromatic N) is 1. The highest BCUT2D eigenvalue weighted by molar-refractivity contribution is 5.95. The summed E-state index contributed by atoms with van der Waals surface area (Å²) in [5.41, 5.74) is -2.15. The fourth-order valence-electron chi connectivity index (χ4n) is 1.41. The van der Waals surface area contributed by atoms with Crippen molar-refractivity contribution < 1.29 is 41.0 Å². The highest BCUT2D eigenvalue weighted by Gasteiger charge is 2.38. The van der Waals surface area contributed by atoms with Gasteiger partial charge in [-0.25, -0.2) is 18.6 Å². The van der Waals surface area contributed by atoms with Crippen LogP contribution in [0.2, 0.25) is 0 Å². The molecule has 0 radical (unpaired) electrons. The first-order chi connectivity index (χ1) is 9.71. The van der Waals surface area contributed by atoms with Gasteiger partial charge in [0.05, 0.1) is 19.3 Å². The number of carbonyl (C=O) groups excluding carboxylic acids is 1. The van der Waals surface area contributed by atoms with E-state index < -0.39 is 41.5 Å². The molecule has 10 heteroatoms. The maximum atomic E-state index is 12.8. The van der Waals surface area contributed by atoms with Gasteiger partial charge >= 0.3 is 12.3 Å². The highest BCUT2D eigenvalue weighted by atomic mass is 19.4. The molecule has 118 valence electrons. The standard InChI is InChI=1S/C11H10F5NO4/c1-3-20-10(18)6-7(21-11(14,15)16)5(8(12)13)4-17-9(6)19-2/h4,8H,3H2,1-2H3. The molecule has 0 saturated heterocycles. The Hall–Kier alpha value is -2.13. The first kappa shape index (κ1) is 16.9. The lowest BCUT2D eigenvalue weighted by Crippen LogP contribution is -2.22. The summed E-state index contributed by atoms with van der Waals surface area (Å²) in [5.74, 6) is -3.32. The Balaban J connectivity index is 3.52. The third-order valence-corrected chi connectivity index (χ3v) is 2.15. The van der Waals surface area contributed by atoms with Crippen LogP contribution in [-0.4, -0.2) is 31.0 Å². The molecule has 5 nitrogen and oxygen atoms in total. The summed E-state index contributed by atoms with van der Waals surface area (Å²) in [5, 5.41) is 0. The number of hydrogen-bond acceptors (Lipinski definition) is 5. The lowest BCUT2D eigenvalue weighted by molar-refractivity contribution is -0.275. The van der Waals surface area contributed by atoms with E-state index in [2.05, 4.69) is 19.2 Å². The van der Waals surface area contributed by atoms with Crippen LogP contribution >= 0.6 is 0 Å². The van der Waals surface area contributed by atoms with Gasteiger partial charge in [0.25, 0.3) is 6.43 Å². The third kappa shape index (κ3) is 4.17. The molecule has 0 aliphatic rings. The summed E-state index contributed by atoms with van der Waals surface area (Å²) >= 11 is 0. The van der Waals surface area contributed by atoms with E-state index in [4.69, 9.17) is 0 Å². The molecule has 0 saturated carbocycles. The summed E-state index contributed by atoms with van der Waals surface area (Å²) in [6.07, 6.45) is -8.18. The Morgan fingerprint density at radius 1 is 1.38 bits per heavy atom. The zero-order valence-corrected chi connectivity index (χ0v) is 10.8. The number of ether oxygens (including phenoxy) is 3. The molecule has 0 aromatic carbocycles. The van der Waals surface area contributed by atoms with Gasteiger partial charge < -0.3 is 14.2 Å². The molecular weight excluding hydrogens is 305 g/mol. The number of esters is 1. The van der Waals surface area contributed by atoms with Crippen LogP contribution < -0.4 is 9.47 Å².